The normalized spacial score (nSPS) is 18.6. The maximum atomic E-state index is 13.3. The molecule has 0 bridgehead atoms. The molecule has 4 nitrogen and oxygen atoms in total. The Hall–Kier alpha value is -2.40. The average molecular weight is 353 g/mol. The van der Waals surface area contributed by atoms with Crippen molar-refractivity contribution in [2.45, 2.75) is 25.8 Å². The minimum absolute atomic E-state index is 0.216. The smallest absolute Gasteiger partial charge is 0.226 e. The first-order valence-electron chi connectivity index (χ1n) is 9.27. The number of piperidine rings is 1. The lowest BCUT2D eigenvalue weighted by molar-refractivity contribution is -0.119. The molecule has 0 saturated carbocycles. The Bertz CT molecular complexity index is 805. The standard InChI is InChI=1S/C21H24FN3O/c1-23-12-13-24(18-7-5-17(22)6-8-18)20-10-9-19(14-16(20)15-23)25-11-3-2-4-21(25)26/h5-10,14H,2-4,11-13,15H2,1H3. The van der Waals surface area contributed by atoms with Crippen LogP contribution < -0.4 is 9.80 Å². The predicted octanol–water partition coefficient (Wildman–Crippen LogP) is 3.93. The Morgan fingerprint density at radius 3 is 2.42 bits per heavy atom. The molecule has 136 valence electrons. The van der Waals surface area contributed by atoms with Gasteiger partial charge in [-0.25, -0.2) is 4.39 Å². The van der Waals surface area contributed by atoms with E-state index in [9.17, 15) is 9.18 Å². The van der Waals surface area contributed by atoms with Crippen LogP contribution in [0, 0.1) is 5.82 Å². The fourth-order valence-electron chi connectivity index (χ4n) is 3.86. The number of carbonyl (C=O) groups is 1. The van der Waals surface area contributed by atoms with E-state index in [0.29, 0.717) is 6.42 Å². The summed E-state index contributed by atoms with van der Waals surface area (Å²) in [5.74, 6) is -0.00607. The Morgan fingerprint density at radius 2 is 1.65 bits per heavy atom. The van der Waals surface area contributed by atoms with Gasteiger partial charge in [0.1, 0.15) is 5.82 Å². The zero-order valence-electron chi connectivity index (χ0n) is 15.1. The van der Waals surface area contributed by atoms with Gasteiger partial charge in [0, 0.05) is 49.7 Å². The number of carbonyl (C=O) groups excluding carboxylic acids is 1. The summed E-state index contributed by atoms with van der Waals surface area (Å²) in [5.41, 5.74) is 4.31. The first kappa shape index (κ1) is 17.0. The summed E-state index contributed by atoms with van der Waals surface area (Å²) >= 11 is 0. The van der Waals surface area contributed by atoms with Gasteiger partial charge in [0.15, 0.2) is 0 Å². The zero-order valence-corrected chi connectivity index (χ0v) is 15.1. The van der Waals surface area contributed by atoms with E-state index < -0.39 is 0 Å². The Morgan fingerprint density at radius 1 is 0.885 bits per heavy atom. The molecule has 0 unspecified atom stereocenters. The quantitative estimate of drug-likeness (QED) is 0.819. The van der Waals surface area contributed by atoms with E-state index in [4.69, 9.17) is 0 Å². The molecule has 2 aromatic rings. The van der Waals surface area contributed by atoms with E-state index in [2.05, 4.69) is 29.0 Å². The summed E-state index contributed by atoms with van der Waals surface area (Å²) in [5, 5.41) is 0. The van der Waals surface area contributed by atoms with Gasteiger partial charge in [-0.2, -0.15) is 0 Å². The van der Waals surface area contributed by atoms with Crippen molar-refractivity contribution in [2.75, 3.05) is 36.5 Å². The second kappa shape index (κ2) is 7.08. The van der Waals surface area contributed by atoms with Crippen molar-refractivity contribution >= 4 is 23.0 Å². The van der Waals surface area contributed by atoms with Crippen LogP contribution in [0.15, 0.2) is 42.5 Å². The lowest BCUT2D eigenvalue weighted by atomic mass is 10.1. The number of amides is 1. The second-order valence-electron chi connectivity index (χ2n) is 7.18. The first-order chi connectivity index (χ1) is 12.6. The molecule has 5 heteroatoms. The highest BCUT2D eigenvalue weighted by Crippen LogP contribution is 2.34. The Labute approximate surface area is 153 Å². The van der Waals surface area contributed by atoms with Crippen LogP contribution in [0.4, 0.5) is 21.5 Å². The molecule has 2 heterocycles. The molecule has 2 aliphatic heterocycles. The number of likely N-dealkylation sites (N-methyl/N-ethyl adjacent to an activating group) is 1. The predicted molar refractivity (Wildman–Crippen MR) is 102 cm³/mol. The Balaban J connectivity index is 1.72. The summed E-state index contributed by atoms with van der Waals surface area (Å²) in [6.07, 6.45) is 2.69. The third-order valence-corrected chi connectivity index (χ3v) is 5.27. The molecule has 1 amide bonds. The molecule has 0 aliphatic carbocycles. The molecule has 1 fully saturated rings. The van der Waals surface area contributed by atoms with Crippen LogP contribution in [-0.2, 0) is 11.3 Å². The Kier molecular flexibility index (Phi) is 4.64. The molecular weight excluding hydrogens is 329 g/mol. The maximum absolute atomic E-state index is 13.3. The number of halogens is 1. The third kappa shape index (κ3) is 3.31. The average Bonchev–Trinajstić information content (AvgIpc) is 2.80. The van der Waals surface area contributed by atoms with Crippen molar-refractivity contribution in [3.05, 3.63) is 53.8 Å². The van der Waals surface area contributed by atoms with Crippen LogP contribution in [-0.4, -0.2) is 37.5 Å². The van der Waals surface area contributed by atoms with Gasteiger partial charge in [-0.3, -0.25) is 4.79 Å². The van der Waals surface area contributed by atoms with Gasteiger partial charge >= 0.3 is 0 Å². The van der Waals surface area contributed by atoms with E-state index >= 15 is 0 Å². The van der Waals surface area contributed by atoms with Crippen LogP contribution in [0.2, 0.25) is 0 Å². The van der Waals surface area contributed by atoms with Gasteiger partial charge in [0.25, 0.3) is 0 Å². The van der Waals surface area contributed by atoms with Crippen LogP contribution >= 0.6 is 0 Å². The van der Waals surface area contributed by atoms with E-state index in [0.717, 1.165) is 56.1 Å². The first-order valence-corrected chi connectivity index (χ1v) is 9.27. The van der Waals surface area contributed by atoms with E-state index in [1.807, 2.05) is 23.1 Å². The number of nitrogens with zero attached hydrogens (tertiary/aromatic N) is 3. The third-order valence-electron chi connectivity index (χ3n) is 5.27. The number of fused-ring (bicyclic) bond motifs is 1. The van der Waals surface area contributed by atoms with Crippen molar-refractivity contribution in [1.29, 1.82) is 0 Å². The lowest BCUT2D eigenvalue weighted by Gasteiger charge is -2.29. The summed E-state index contributed by atoms with van der Waals surface area (Å²) in [6, 6.07) is 13.0. The molecule has 1 saturated heterocycles. The van der Waals surface area contributed by atoms with Gasteiger partial charge in [-0.15, -0.1) is 0 Å². The highest BCUT2D eigenvalue weighted by atomic mass is 19.1. The van der Waals surface area contributed by atoms with Gasteiger partial charge in [-0.05, 0) is 67.9 Å². The maximum Gasteiger partial charge on any atom is 0.226 e. The molecule has 2 aliphatic rings. The molecule has 4 rings (SSSR count). The minimum Gasteiger partial charge on any atom is -0.340 e. The van der Waals surface area contributed by atoms with Crippen LogP contribution in [0.5, 0.6) is 0 Å². The van der Waals surface area contributed by atoms with Crippen LogP contribution in [0.25, 0.3) is 0 Å². The summed E-state index contributed by atoms with van der Waals surface area (Å²) < 4.78 is 13.3. The second-order valence-corrected chi connectivity index (χ2v) is 7.18. The van der Waals surface area contributed by atoms with Crippen molar-refractivity contribution in [3.63, 3.8) is 0 Å². The van der Waals surface area contributed by atoms with Crippen molar-refractivity contribution < 1.29 is 9.18 Å². The van der Waals surface area contributed by atoms with Crippen molar-refractivity contribution in [2.24, 2.45) is 0 Å². The van der Waals surface area contributed by atoms with E-state index in [-0.39, 0.29) is 11.7 Å². The number of hydrogen-bond acceptors (Lipinski definition) is 3. The summed E-state index contributed by atoms with van der Waals surface area (Å²) in [4.78, 5) is 18.7. The molecule has 2 aromatic carbocycles. The molecule has 0 aromatic heterocycles. The topological polar surface area (TPSA) is 26.8 Å². The highest BCUT2D eigenvalue weighted by Gasteiger charge is 2.23. The van der Waals surface area contributed by atoms with E-state index in [1.54, 1.807) is 0 Å². The molecular formula is C21H24FN3O. The number of benzene rings is 2. The summed E-state index contributed by atoms with van der Waals surface area (Å²) in [7, 11) is 2.11. The number of rotatable bonds is 2. The fraction of sp³-hybridized carbons (Fsp3) is 0.381. The van der Waals surface area contributed by atoms with Gasteiger partial charge in [0.2, 0.25) is 5.91 Å². The number of anilines is 3. The zero-order chi connectivity index (χ0) is 18.1. The largest absolute Gasteiger partial charge is 0.340 e. The lowest BCUT2D eigenvalue weighted by Crippen LogP contribution is -2.35. The van der Waals surface area contributed by atoms with Gasteiger partial charge in [0.05, 0.1) is 0 Å². The molecule has 0 radical (unpaired) electrons. The summed E-state index contributed by atoms with van der Waals surface area (Å²) in [6.45, 7) is 3.40. The fourth-order valence-corrected chi connectivity index (χ4v) is 3.86. The SMILES string of the molecule is CN1CCN(c2ccc(F)cc2)c2ccc(N3CCCCC3=O)cc2C1. The van der Waals surface area contributed by atoms with E-state index in [1.165, 1.54) is 17.7 Å². The molecule has 0 N–H and O–H groups in total. The molecule has 26 heavy (non-hydrogen) atoms. The van der Waals surface area contributed by atoms with Gasteiger partial charge in [-0.1, -0.05) is 0 Å². The minimum atomic E-state index is -0.222. The van der Waals surface area contributed by atoms with Crippen molar-refractivity contribution in [1.82, 2.24) is 4.90 Å². The number of hydrogen-bond donors (Lipinski definition) is 0. The van der Waals surface area contributed by atoms with Gasteiger partial charge < -0.3 is 14.7 Å². The van der Waals surface area contributed by atoms with Crippen LogP contribution in [0.3, 0.4) is 0 Å². The highest BCUT2D eigenvalue weighted by molar-refractivity contribution is 5.94. The molecule has 0 atom stereocenters. The van der Waals surface area contributed by atoms with Crippen LogP contribution in [0.1, 0.15) is 24.8 Å². The van der Waals surface area contributed by atoms with Crippen molar-refractivity contribution in [3.8, 4) is 0 Å². The molecule has 0 spiro atoms. The monoisotopic (exact) mass is 353 g/mol.